The molecule has 5 nitrogen and oxygen atoms in total. The van der Waals surface area contributed by atoms with Crippen molar-refractivity contribution in [3.63, 3.8) is 0 Å². The molecule has 4 rings (SSSR count). The van der Waals surface area contributed by atoms with E-state index in [-0.39, 0.29) is 5.91 Å². The van der Waals surface area contributed by atoms with Crippen molar-refractivity contribution >= 4 is 5.91 Å². The van der Waals surface area contributed by atoms with Gasteiger partial charge >= 0.3 is 0 Å². The van der Waals surface area contributed by atoms with Gasteiger partial charge in [-0.2, -0.15) is 0 Å². The van der Waals surface area contributed by atoms with Crippen LogP contribution in [0.15, 0.2) is 84.3 Å². The number of ether oxygens (including phenoxy) is 2. The molecule has 0 saturated carbocycles. The van der Waals surface area contributed by atoms with Crippen LogP contribution in [0.3, 0.4) is 0 Å². The summed E-state index contributed by atoms with van der Waals surface area (Å²) in [5.74, 6) is 1.70. The molecule has 0 aromatic heterocycles. The minimum atomic E-state index is -0.690. The number of rotatable bonds is 9. The van der Waals surface area contributed by atoms with Crippen molar-refractivity contribution in [3.8, 4) is 0 Å². The van der Waals surface area contributed by atoms with Crippen molar-refractivity contribution in [2.24, 2.45) is 11.1 Å². The van der Waals surface area contributed by atoms with E-state index in [2.05, 4.69) is 0 Å². The first-order valence-electron chi connectivity index (χ1n) is 10.9. The molecule has 162 valence electrons. The number of likely N-dealkylation sites (tertiary alicyclic amines) is 1. The average molecular weight is 419 g/mol. The van der Waals surface area contributed by atoms with E-state index in [4.69, 9.17) is 15.2 Å². The minimum Gasteiger partial charge on any atom is -0.493 e. The predicted octanol–water partition coefficient (Wildman–Crippen LogP) is 4.16. The molecule has 2 N–H and O–H groups in total. The van der Waals surface area contributed by atoms with E-state index in [9.17, 15) is 4.79 Å². The van der Waals surface area contributed by atoms with Gasteiger partial charge in [-0.15, -0.1) is 0 Å². The summed E-state index contributed by atoms with van der Waals surface area (Å²) in [4.78, 5) is 15.2. The van der Waals surface area contributed by atoms with Crippen molar-refractivity contribution in [2.75, 3.05) is 19.6 Å². The predicted molar refractivity (Wildman–Crippen MR) is 121 cm³/mol. The molecule has 1 spiro atoms. The van der Waals surface area contributed by atoms with Crippen molar-refractivity contribution in [1.82, 2.24) is 4.90 Å². The number of nitrogens with zero attached hydrogens (tertiary/aromatic N) is 1. The zero-order chi connectivity index (χ0) is 21.5. The quantitative estimate of drug-likeness (QED) is 0.664. The Morgan fingerprint density at radius 1 is 0.871 bits per heavy atom. The fourth-order valence-electron chi connectivity index (χ4n) is 4.16. The molecule has 0 bridgehead atoms. The van der Waals surface area contributed by atoms with Gasteiger partial charge in [-0.3, -0.25) is 4.79 Å². The number of carbonyl (C=O) groups is 1. The third-order valence-corrected chi connectivity index (χ3v) is 5.83. The van der Waals surface area contributed by atoms with Crippen molar-refractivity contribution in [3.05, 3.63) is 95.5 Å². The molecular weight excluding hydrogens is 388 g/mol. The van der Waals surface area contributed by atoms with Crippen LogP contribution in [0.1, 0.15) is 30.4 Å². The Hall–Kier alpha value is -3.05. The monoisotopic (exact) mass is 418 g/mol. The van der Waals surface area contributed by atoms with Gasteiger partial charge in [0.25, 0.3) is 0 Å². The van der Waals surface area contributed by atoms with Gasteiger partial charge in [0, 0.05) is 13.1 Å². The molecule has 1 saturated heterocycles. The van der Waals surface area contributed by atoms with Gasteiger partial charge in [0.2, 0.25) is 5.91 Å². The van der Waals surface area contributed by atoms with Gasteiger partial charge in [0.1, 0.15) is 24.7 Å². The van der Waals surface area contributed by atoms with Crippen LogP contribution in [-0.2, 0) is 27.5 Å². The Bertz CT molecular complexity index is 878. The molecule has 0 atom stereocenters. The molecular formula is C26H30N2O3. The summed E-state index contributed by atoms with van der Waals surface area (Å²) in [5, 5.41) is 0. The standard InChI is InChI=1S/C26H30N2O3/c27-13-7-14-28-15-12-26(25(28)29)17-23(30-19-21-8-3-1-4-9-21)16-24(18-26)31-20-22-10-5-2-6-11-22/h1-6,8-11,17-18H,7,12-16,19-20,27H2. The van der Waals surface area contributed by atoms with Crippen LogP contribution in [0, 0.1) is 5.41 Å². The van der Waals surface area contributed by atoms with Crippen LogP contribution in [0.25, 0.3) is 0 Å². The first kappa shape index (κ1) is 21.2. The molecule has 0 radical (unpaired) electrons. The Morgan fingerprint density at radius 3 is 1.94 bits per heavy atom. The molecule has 1 fully saturated rings. The van der Waals surface area contributed by atoms with Crippen LogP contribution in [-0.4, -0.2) is 30.4 Å². The van der Waals surface area contributed by atoms with Gasteiger partial charge in [-0.25, -0.2) is 0 Å². The third-order valence-electron chi connectivity index (χ3n) is 5.83. The highest BCUT2D eigenvalue weighted by Gasteiger charge is 2.46. The van der Waals surface area contributed by atoms with Gasteiger partial charge in [-0.1, -0.05) is 60.7 Å². The Labute approximate surface area is 184 Å². The molecule has 1 aliphatic heterocycles. The van der Waals surface area contributed by atoms with Crippen molar-refractivity contribution in [2.45, 2.75) is 32.5 Å². The van der Waals surface area contributed by atoms with E-state index in [0.29, 0.717) is 32.7 Å². The third kappa shape index (κ3) is 5.17. The minimum absolute atomic E-state index is 0.113. The molecule has 1 amide bonds. The average Bonchev–Trinajstić information content (AvgIpc) is 3.10. The first-order chi connectivity index (χ1) is 15.2. The number of amides is 1. The normalized spacial score (nSPS) is 17.5. The van der Waals surface area contributed by atoms with E-state index < -0.39 is 5.41 Å². The highest BCUT2D eigenvalue weighted by atomic mass is 16.5. The maximum absolute atomic E-state index is 13.3. The molecule has 1 aliphatic carbocycles. The Kier molecular flexibility index (Phi) is 6.73. The molecule has 2 aromatic carbocycles. The zero-order valence-corrected chi connectivity index (χ0v) is 17.8. The summed E-state index contributed by atoms with van der Waals surface area (Å²) >= 11 is 0. The summed E-state index contributed by atoms with van der Waals surface area (Å²) in [7, 11) is 0. The number of carbonyl (C=O) groups excluding carboxylic acids is 1. The second kappa shape index (κ2) is 9.84. The zero-order valence-electron chi connectivity index (χ0n) is 17.8. The molecule has 2 aromatic rings. The number of hydrogen-bond donors (Lipinski definition) is 1. The van der Waals surface area contributed by atoms with E-state index in [0.717, 1.165) is 42.0 Å². The van der Waals surface area contributed by atoms with E-state index >= 15 is 0 Å². The van der Waals surface area contributed by atoms with Crippen molar-refractivity contribution in [1.29, 1.82) is 0 Å². The van der Waals surface area contributed by atoms with E-state index in [1.807, 2.05) is 77.7 Å². The number of hydrogen-bond acceptors (Lipinski definition) is 4. The summed E-state index contributed by atoms with van der Waals surface area (Å²) in [6, 6.07) is 20.1. The Balaban J connectivity index is 1.52. The second-order valence-electron chi connectivity index (χ2n) is 8.17. The van der Waals surface area contributed by atoms with Crippen LogP contribution >= 0.6 is 0 Å². The molecule has 1 heterocycles. The van der Waals surface area contributed by atoms with Gasteiger partial charge in [-0.05, 0) is 42.7 Å². The van der Waals surface area contributed by atoms with Crippen molar-refractivity contribution < 1.29 is 14.3 Å². The molecule has 31 heavy (non-hydrogen) atoms. The van der Waals surface area contributed by atoms with Crippen LogP contribution in [0.5, 0.6) is 0 Å². The lowest BCUT2D eigenvalue weighted by atomic mass is 9.81. The van der Waals surface area contributed by atoms with Crippen LogP contribution in [0.2, 0.25) is 0 Å². The topological polar surface area (TPSA) is 64.8 Å². The highest BCUT2D eigenvalue weighted by Crippen LogP contribution is 2.42. The largest absolute Gasteiger partial charge is 0.493 e. The maximum Gasteiger partial charge on any atom is 0.236 e. The van der Waals surface area contributed by atoms with E-state index in [1.165, 1.54) is 0 Å². The fourth-order valence-corrected chi connectivity index (χ4v) is 4.16. The lowest BCUT2D eigenvalue weighted by molar-refractivity contribution is -0.132. The van der Waals surface area contributed by atoms with Crippen LogP contribution < -0.4 is 5.73 Å². The van der Waals surface area contributed by atoms with Gasteiger partial charge < -0.3 is 20.1 Å². The molecule has 0 unspecified atom stereocenters. The Morgan fingerprint density at radius 2 is 1.42 bits per heavy atom. The molecule has 2 aliphatic rings. The fraction of sp³-hybridized carbons (Fsp3) is 0.346. The lowest BCUT2D eigenvalue weighted by Gasteiger charge is -2.28. The lowest BCUT2D eigenvalue weighted by Crippen LogP contribution is -2.35. The SMILES string of the molecule is NCCCN1CCC2(C=C(OCc3ccccc3)CC(OCc3ccccc3)=C2)C1=O. The summed E-state index contributed by atoms with van der Waals surface area (Å²) in [5.41, 5.74) is 7.16. The maximum atomic E-state index is 13.3. The smallest absolute Gasteiger partial charge is 0.236 e. The van der Waals surface area contributed by atoms with Crippen LogP contribution in [0.4, 0.5) is 0 Å². The van der Waals surface area contributed by atoms with Gasteiger partial charge in [0.05, 0.1) is 11.8 Å². The summed E-state index contributed by atoms with van der Waals surface area (Å²) in [6.07, 6.45) is 6.11. The number of nitrogens with two attached hydrogens (primary N) is 1. The molecule has 5 heteroatoms. The second-order valence-corrected chi connectivity index (χ2v) is 8.17. The first-order valence-corrected chi connectivity index (χ1v) is 10.9. The van der Waals surface area contributed by atoms with E-state index in [1.54, 1.807) is 0 Å². The summed E-state index contributed by atoms with van der Waals surface area (Å²) in [6.45, 7) is 2.95. The van der Waals surface area contributed by atoms with Gasteiger partial charge in [0.15, 0.2) is 0 Å². The number of benzene rings is 2. The summed E-state index contributed by atoms with van der Waals surface area (Å²) < 4.78 is 12.3. The highest BCUT2D eigenvalue weighted by molar-refractivity contribution is 5.89.